The molecule has 2 aromatic rings. The number of nitrogens with one attached hydrogen (secondary N) is 1. The van der Waals surface area contributed by atoms with Crippen LogP contribution in [0.4, 0.5) is 5.69 Å². The van der Waals surface area contributed by atoms with Gasteiger partial charge in [-0.05, 0) is 43.7 Å². The molecule has 4 rings (SSSR count). The first kappa shape index (κ1) is 19.9. The second-order valence-electron chi connectivity index (χ2n) is 7.32. The SMILES string of the molecule is O=C(NCCCCN1CCN(c2ccccc2)CC1)c1cc(Cl)c2c(c1)OCO2. The Bertz CT molecular complexity index is 839. The molecule has 7 heteroatoms. The van der Waals surface area contributed by atoms with Gasteiger partial charge in [0.15, 0.2) is 11.5 Å². The molecule has 6 nitrogen and oxygen atoms in total. The van der Waals surface area contributed by atoms with Gasteiger partial charge in [-0.25, -0.2) is 0 Å². The molecule has 0 atom stereocenters. The van der Waals surface area contributed by atoms with Crippen molar-refractivity contribution in [3.05, 3.63) is 53.1 Å². The Morgan fingerprint density at radius 1 is 1.03 bits per heavy atom. The average Bonchev–Trinajstić information content (AvgIpc) is 3.24. The Hall–Kier alpha value is -2.44. The minimum atomic E-state index is -0.137. The third kappa shape index (κ3) is 4.95. The lowest BCUT2D eigenvalue weighted by atomic mass is 10.2. The normalized spacial score (nSPS) is 16.1. The molecule has 2 aromatic carbocycles. The first-order valence-corrected chi connectivity index (χ1v) is 10.5. The monoisotopic (exact) mass is 415 g/mol. The number of halogens is 1. The second-order valence-corrected chi connectivity index (χ2v) is 7.73. The zero-order chi connectivity index (χ0) is 20.1. The van der Waals surface area contributed by atoms with E-state index in [-0.39, 0.29) is 12.7 Å². The maximum Gasteiger partial charge on any atom is 0.251 e. The van der Waals surface area contributed by atoms with Gasteiger partial charge in [0.25, 0.3) is 5.91 Å². The quantitative estimate of drug-likeness (QED) is 0.702. The number of benzene rings is 2. The van der Waals surface area contributed by atoms with Gasteiger partial charge in [-0.15, -0.1) is 0 Å². The predicted molar refractivity (Wildman–Crippen MR) is 114 cm³/mol. The molecule has 1 fully saturated rings. The molecule has 1 amide bonds. The highest BCUT2D eigenvalue weighted by atomic mass is 35.5. The van der Waals surface area contributed by atoms with Crippen LogP contribution in [-0.2, 0) is 0 Å². The highest BCUT2D eigenvalue weighted by Crippen LogP contribution is 2.39. The van der Waals surface area contributed by atoms with Crippen LogP contribution >= 0.6 is 11.6 Å². The van der Waals surface area contributed by atoms with E-state index >= 15 is 0 Å². The lowest BCUT2D eigenvalue weighted by Gasteiger charge is -2.36. The van der Waals surface area contributed by atoms with E-state index in [0.717, 1.165) is 45.6 Å². The molecule has 0 spiro atoms. The number of amides is 1. The summed E-state index contributed by atoms with van der Waals surface area (Å²) < 4.78 is 10.6. The summed E-state index contributed by atoms with van der Waals surface area (Å²) in [5.41, 5.74) is 1.80. The van der Waals surface area contributed by atoms with E-state index in [4.69, 9.17) is 21.1 Å². The van der Waals surface area contributed by atoms with Crippen LogP contribution in [-0.4, -0.2) is 56.9 Å². The summed E-state index contributed by atoms with van der Waals surface area (Å²) in [6, 6.07) is 13.9. The number of hydrogen-bond donors (Lipinski definition) is 1. The Morgan fingerprint density at radius 2 is 1.83 bits per heavy atom. The number of ether oxygens (including phenoxy) is 2. The van der Waals surface area contributed by atoms with Crippen molar-refractivity contribution in [1.29, 1.82) is 0 Å². The van der Waals surface area contributed by atoms with Crippen LogP contribution < -0.4 is 19.7 Å². The van der Waals surface area contributed by atoms with E-state index in [1.807, 2.05) is 0 Å². The molecular weight excluding hydrogens is 390 g/mol. The fourth-order valence-electron chi connectivity index (χ4n) is 3.73. The van der Waals surface area contributed by atoms with Gasteiger partial charge in [0.2, 0.25) is 6.79 Å². The highest BCUT2D eigenvalue weighted by Gasteiger charge is 2.20. The number of carbonyl (C=O) groups is 1. The molecule has 1 N–H and O–H groups in total. The summed E-state index contributed by atoms with van der Waals surface area (Å²) in [5.74, 6) is 0.898. The number of rotatable bonds is 7. The number of hydrogen-bond acceptors (Lipinski definition) is 5. The Kier molecular flexibility index (Phi) is 6.42. The van der Waals surface area contributed by atoms with Gasteiger partial charge in [0.05, 0.1) is 5.02 Å². The Balaban J connectivity index is 1.14. The number of anilines is 1. The van der Waals surface area contributed by atoms with Crippen molar-refractivity contribution in [2.24, 2.45) is 0 Å². The topological polar surface area (TPSA) is 54.0 Å². The van der Waals surface area contributed by atoms with Crippen LogP contribution in [0.25, 0.3) is 0 Å². The van der Waals surface area contributed by atoms with E-state index in [1.54, 1.807) is 12.1 Å². The van der Waals surface area contributed by atoms with Gasteiger partial charge in [-0.2, -0.15) is 0 Å². The fourth-order valence-corrected chi connectivity index (χ4v) is 4.00. The van der Waals surface area contributed by atoms with Crippen molar-refractivity contribution in [1.82, 2.24) is 10.2 Å². The molecule has 2 aliphatic rings. The summed E-state index contributed by atoms with van der Waals surface area (Å²) in [4.78, 5) is 17.3. The van der Waals surface area contributed by atoms with Crippen LogP contribution in [0.2, 0.25) is 5.02 Å². The average molecular weight is 416 g/mol. The molecule has 2 aliphatic heterocycles. The van der Waals surface area contributed by atoms with E-state index in [0.29, 0.717) is 28.6 Å². The maximum atomic E-state index is 12.4. The van der Waals surface area contributed by atoms with Gasteiger partial charge in [0, 0.05) is 44.0 Å². The van der Waals surface area contributed by atoms with E-state index in [2.05, 4.69) is 45.4 Å². The zero-order valence-electron chi connectivity index (χ0n) is 16.4. The Morgan fingerprint density at radius 3 is 2.62 bits per heavy atom. The van der Waals surface area contributed by atoms with Gasteiger partial charge in [-0.1, -0.05) is 29.8 Å². The summed E-state index contributed by atoms with van der Waals surface area (Å²) in [5, 5.41) is 3.37. The lowest BCUT2D eigenvalue weighted by molar-refractivity contribution is 0.0952. The molecule has 0 radical (unpaired) electrons. The molecule has 29 heavy (non-hydrogen) atoms. The summed E-state index contributed by atoms with van der Waals surface area (Å²) in [6.45, 7) is 6.13. The predicted octanol–water partition coefficient (Wildman–Crippen LogP) is 3.40. The van der Waals surface area contributed by atoms with E-state index in [9.17, 15) is 4.79 Å². The van der Waals surface area contributed by atoms with Crippen molar-refractivity contribution in [3.63, 3.8) is 0 Å². The van der Waals surface area contributed by atoms with Crippen LogP contribution in [0.5, 0.6) is 11.5 Å². The maximum absolute atomic E-state index is 12.4. The van der Waals surface area contributed by atoms with Gasteiger partial charge in [0.1, 0.15) is 0 Å². The van der Waals surface area contributed by atoms with Crippen molar-refractivity contribution in [3.8, 4) is 11.5 Å². The largest absolute Gasteiger partial charge is 0.454 e. The van der Waals surface area contributed by atoms with Crippen molar-refractivity contribution in [2.75, 3.05) is 51.0 Å². The first-order chi connectivity index (χ1) is 14.2. The summed E-state index contributed by atoms with van der Waals surface area (Å²) in [7, 11) is 0. The molecule has 154 valence electrons. The van der Waals surface area contributed by atoms with Crippen LogP contribution in [0, 0.1) is 0 Å². The Labute approximate surface area is 176 Å². The molecule has 0 aliphatic carbocycles. The number of piperazine rings is 1. The number of para-hydroxylation sites is 1. The number of unbranched alkanes of at least 4 members (excludes halogenated alkanes) is 1. The van der Waals surface area contributed by atoms with Gasteiger partial charge < -0.3 is 19.7 Å². The smallest absolute Gasteiger partial charge is 0.251 e. The standard InChI is InChI=1S/C22H26ClN3O3/c23-19-14-17(15-20-21(19)29-16-28-20)22(27)24-8-4-5-9-25-10-12-26(13-11-25)18-6-2-1-3-7-18/h1-3,6-7,14-15H,4-5,8-13,16H2,(H,24,27). The van der Waals surface area contributed by atoms with Crippen LogP contribution in [0.1, 0.15) is 23.2 Å². The second kappa shape index (κ2) is 9.37. The minimum Gasteiger partial charge on any atom is -0.454 e. The molecule has 2 heterocycles. The van der Waals surface area contributed by atoms with E-state index in [1.165, 1.54) is 5.69 Å². The fraction of sp³-hybridized carbons (Fsp3) is 0.409. The van der Waals surface area contributed by atoms with Gasteiger partial charge in [-0.3, -0.25) is 9.69 Å². The summed E-state index contributed by atoms with van der Waals surface area (Å²) in [6.07, 6.45) is 2.01. The van der Waals surface area contributed by atoms with Crippen molar-refractivity contribution in [2.45, 2.75) is 12.8 Å². The third-order valence-electron chi connectivity index (χ3n) is 5.37. The van der Waals surface area contributed by atoms with Crippen LogP contribution in [0.15, 0.2) is 42.5 Å². The molecule has 1 saturated heterocycles. The third-order valence-corrected chi connectivity index (χ3v) is 5.65. The molecule has 0 unspecified atom stereocenters. The molecule has 0 bridgehead atoms. The summed E-state index contributed by atoms with van der Waals surface area (Å²) >= 11 is 6.14. The molecular formula is C22H26ClN3O3. The number of fused-ring (bicyclic) bond motifs is 1. The number of carbonyl (C=O) groups excluding carboxylic acids is 1. The van der Waals surface area contributed by atoms with Crippen molar-refractivity contribution < 1.29 is 14.3 Å². The zero-order valence-corrected chi connectivity index (χ0v) is 17.2. The highest BCUT2D eigenvalue weighted by molar-refractivity contribution is 6.32. The molecule has 0 aromatic heterocycles. The van der Waals surface area contributed by atoms with Gasteiger partial charge >= 0.3 is 0 Å². The molecule has 0 saturated carbocycles. The van der Waals surface area contributed by atoms with Crippen LogP contribution in [0.3, 0.4) is 0 Å². The lowest BCUT2D eigenvalue weighted by Crippen LogP contribution is -2.46. The minimum absolute atomic E-state index is 0.137. The first-order valence-electron chi connectivity index (χ1n) is 10.1. The van der Waals surface area contributed by atoms with E-state index < -0.39 is 0 Å². The number of nitrogens with zero attached hydrogens (tertiary/aromatic N) is 2. The van der Waals surface area contributed by atoms with Crippen molar-refractivity contribution >= 4 is 23.2 Å².